The van der Waals surface area contributed by atoms with Gasteiger partial charge < -0.3 is 14.0 Å². The van der Waals surface area contributed by atoms with Gasteiger partial charge in [0, 0.05) is 25.0 Å². The smallest absolute Gasteiger partial charge is 0.349 e. The molecule has 29 heavy (non-hydrogen) atoms. The maximum Gasteiger partial charge on any atom is 0.349 e. The molecule has 0 atom stereocenters. The van der Waals surface area contributed by atoms with Gasteiger partial charge in [0.1, 0.15) is 23.3 Å². The van der Waals surface area contributed by atoms with Crippen LogP contribution < -0.4 is 0 Å². The molecule has 0 spiro atoms. The predicted molar refractivity (Wildman–Crippen MR) is 101 cm³/mol. The zero-order valence-electron chi connectivity index (χ0n) is 16.3. The van der Waals surface area contributed by atoms with Gasteiger partial charge in [0.15, 0.2) is 6.61 Å². The van der Waals surface area contributed by atoms with E-state index < -0.39 is 35.6 Å². The highest BCUT2D eigenvalue weighted by Crippen LogP contribution is 2.19. The number of ketones is 1. The Kier molecular flexibility index (Phi) is 7.39. The Labute approximate surface area is 167 Å². The molecule has 1 aromatic carbocycles. The number of ether oxygens (including phenoxy) is 2. The van der Waals surface area contributed by atoms with E-state index >= 15 is 0 Å². The Bertz CT molecular complexity index is 1000. The van der Waals surface area contributed by atoms with Crippen molar-refractivity contribution in [3.05, 3.63) is 64.0 Å². The van der Waals surface area contributed by atoms with Crippen molar-refractivity contribution < 1.29 is 27.8 Å². The monoisotopic (exact) mass is 402 g/mol. The first-order chi connectivity index (χ1) is 13.8. The lowest BCUT2D eigenvalue weighted by Gasteiger charge is -2.08. The molecule has 0 aliphatic heterocycles. The second-order valence-electron chi connectivity index (χ2n) is 6.26. The van der Waals surface area contributed by atoms with Crippen LogP contribution in [-0.2, 0) is 20.8 Å². The van der Waals surface area contributed by atoms with Gasteiger partial charge >= 0.3 is 5.97 Å². The number of hydrogen-bond donors (Lipinski definition) is 0. The average Bonchev–Trinajstić information content (AvgIpc) is 2.96. The van der Waals surface area contributed by atoms with Crippen LogP contribution in [0.3, 0.4) is 0 Å². The van der Waals surface area contributed by atoms with Gasteiger partial charge in [-0.15, -0.1) is 0 Å². The lowest BCUT2D eigenvalue weighted by molar-refractivity contribution is -0.137. The van der Waals surface area contributed by atoms with E-state index in [2.05, 4.69) is 0 Å². The van der Waals surface area contributed by atoms with Crippen molar-refractivity contribution in [3.8, 4) is 6.07 Å². The molecule has 0 radical (unpaired) electrons. The van der Waals surface area contributed by atoms with Crippen LogP contribution >= 0.6 is 0 Å². The molecule has 0 fully saturated rings. The summed E-state index contributed by atoms with van der Waals surface area (Å²) in [5.41, 5.74) is 1.56. The molecule has 1 aromatic heterocycles. The van der Waals surface area contributed by atoms with Crippen LogP contribution in [0.5, 0.6) is 0 Å². The molecule has 0 aliphatic carbocycles. The predicted octanol–water partition coefficient (Wildman–Crippen LogP) is 3.36. The quantitative estimate of drug-likeness (QED) is 0.293. The highest BCUT2D eigenvalue weighted by molar-refractivity contribution is 6.02. The summed E-state index contributed by atoms with van der Waals surface area (Å²) >= 11 is 0. The van der Waals surface area contributed by atoms with Gasteiger partial charge in [-0.2, -0.15) is 5.26 Å². The minimum Gasteiger partial charge on any atom is -0.453 e. The molecule has 0 saturated heterocycles. The van der Waals surface area contributed by atoms with E-state index in [1.807, 2.05) is 24.5 Å². The van der Waals surface area contributed by atoms with Gasteiger partial charge in [0.05, 0.1) is 12.2 Å². The third-order valence-electron chi connectivity index (χ3n) is 4.34. The Morgan fingerprint density at radius 3 is 2.62 bits per heavy atom. The number of nitriles is 1. The normalized spacial score (nSPS) is 11.2. The number of benzene rings is 1. The van der Waals surface area contributed by atoms with Crippen LogP contribution in [-0.4, -0.2) is 36.6 Å². The van der Waals surface area contributed by atoms with Crippen molar-refractivity contribution in [1.29, 1.82) is 5.26 Å². The number of aryl methyl sites for hydroxylation is 1. The summed E-state index contributed by atoms with van der Waals surface area (Å²) in [4.78, 5) is 24.2. The van der Waals surface area contributed by atoms with Crippen molar-refractivity contribution in [3.63, 3.8) is 0 Å². The first kappa shape index (κ1) is 22.0. The molecule has 1 heterocycles. The minimum atomic E-state index is -1.03. The van der Waals surface area contributed by atoms with Crippen molar-refractivity contribution in [2.24, 2.45) is 0 Å². The summed E-state index contributed by atoms with van der Waals surface area (Å²) in [5.74, 6) is -3.65. The van der Waals surface area contributed by atoms with Gasteiger partial charge in [-0.05, 0) is 49.8 Å². The number of hydrogen-bond acceptors (Lipinski definition) is 5. The molecule has 0 amide bonds. The molecule has 0 N–H and O–H groups in total. The van der Waals surface area contributed by atoms with E-state index in [-0.39, 0.29) is 5.57 Å². The second kappa shape index (κ2) is 9.75. The zero-order valence-corrected chi connectivity index (χ0v) is 16.3. The molecule has 2 aromatic rings. The van der Waals surface area contributed by atoms with Crippen LogP contribution in [0.4, 0.5) is 8.78 Å². The van der Waals surface area contributed by atoms with Crippen molar-refractivity contribution in [1.82, 2.24) is 4.57 Å². The summed E-state index contributed by atoms with van der Waals surface area (Å²) in [6.07, 6.45) is 1.36. The number of carbonyl (C=O) groups is 2. The lowest BCUT2D eigenvalue weighted by atomic mass is 10.1. The molecular formula is C21H20F2N2O4. The van der Waals surface area contributed by atoms with Crippen molar-refractivity contribution in [2.75, 3.05) is 20.3 Å². The van der Waals surface area contributed by atoms with E-state index in [0.29, 0.717) is 18.7 Å². The van der Waals surface area contributed by atoms with E-state index in [1.54, 1.807) is 13.2 Å². The molecule has 152 valence electrons. The van der Waals surface area contributed by atoms with Gasteiger partial charge in [-0.1, -0.05) is 0 Å². The fourth-order valence-electron chi connectivity index (χ4n) is 2.79. The molecule has 0 aliphatic rings. The summed E-state index contributed by atoms with van der Waals surface area (Å²) in [5, 5.41) is 9.29. The van der Waals surface area contributed by atoms with Crippen molar-refractivity contribution in [2.45, 2.75) is 20.4 Å². The Morgan fingerprint density at radius 2 is 1.97 bits per heavy atom. The van der Waals surface area contributed by atoms with E-state index in [4.69, 9.17) is 9.47 Å². The Balaban J connectivity index is 2.14. The average molecular weight is 402 g/mol. The summed E-state index contributed by atoms with van der Waals surface area (Å²) in [6, 6.07) is 5.96. The molecular weight excluding hydrogens is 382 g/mol. The standard InChI is InChI=1S/C21H20F2N2O4/c1-13-8-15(14(2)25(13)6-7-28-3)9-16(11-24)21(27)29-12-20(26)18-10-17(22)4-5-19(18)23/h4-5,8-10H,6-7,12H2,1-3H3/b16-9+. The van der Waals surface area contributed by atoms with Gasteiger partial charge in [-0.25, -0.2) is 13.6 Å². The maximum absolute atomic E-state index is 13.6. The molecule has 0 bridgehead atoms. The first-order valence-corrected chi connectivity index (χ1v) is 8.71. The molecule has 0 unspecified atom stereocenters. The summed E-state index contributed by atoms with van der Waals surface area (Å²) < 4.78 is 38.7. The number of carbonyl (C=O) groups excluding carboxylic acids is 2. The highest BCUT2D eigenvalue weighted by Gasteiger charge is 2.18. The van der Waals surface area contributed by atoms with Gasteiger partial charge in [0.2, 0.25) is 5.78 Å². The third-order valence-corrected chi connectivity index (χ3v) is 4.34. The molecule has 0 saturated carbocycles. The molecule has 2 rings (SSSR count). The highest BCUT2D eigenvalue weighted by atomic mass is 19.1. The van der Waals surface area contributed by atoms with Crippen LogP contribution in [0, 0.1) is 36.8 Å². The van der Waals surface area contributed by atoms with Crippen LogP contribution in [0.1, 0.15) is 27.3 Å². The van der Waals surface area contributed by atoms with Crippen LogP contribution in [0.15, 0.2) is 29.8 Å². The third kappa shape index (κ3) is 5.36. The summed E-state index contributed by atoms with van der Waals surface area (Å²) in [6.45, 7) is 4.03. The molecule has 6 nitrogen and oxygen atoms in total. The minimum absolute atomic E-state index is 0.315. The van der Waals surface area contributed by atoms with Crippen LogP contribution in [0.2, 0.25) is 0 Å². The maximum atomic E-state index is 13.6. The number of esters is 1. The zero-order chi connectivity index (χ0) is 21.6. The largest absolute Gasteiger partial charge is 0.453 e. The topological polar surface area (TPSA) is 81.3 Å². The summed E-state index contributed by atoms with van der Waals surface area (Å²) in [7, 11) is 1.59. The number of nitrogens with zero attached hydrogens (tertiary/aromatic N) is 2. The van der Waals surface area contributed by atoms with Gasteiger partial charge in [0.25, 0.3) is 0 Å². The van der Waals surface area contributed by atoms with E-state index in [1.165, 1.54) is 6.08 Å². The van der Waals surface area contributed by atoms with E-state index in [9.17, 15) is 23.6 Å². The van der Waals surface area contributed by atoms with Crippen LogP contribution in [0.25, 0.3) is 6.08 Å². The lowest BCUT2D eigenvalue weighted by Crippen LogP contribution is -2.16. The first-order valence-electron chi connectivity index (χ1n) is 8.71. The van der Waals surface area contributed by atoms with Crippen molar-refractivity contribution >= 4 is 17.8 Å². The van der Waals surface area contributed by atoms with Gasteiger partial charge in [-0.3, -0.25) is 4.79 Å². The SMILES string of the molecule is COCCn1c(C)cc(/C=C(\C#N)C(=O)OCC(=O)c2cc(F)ccc2F)c1C. The number of halogens is 2. The number of aromatic nitrogens is 1. The number of methoxy groups -OCH3 is 1. The fourth-order valence-corrected chi connectivity index (χ4v) is 2.79. The Hall–Kier alpha value is -3.31. The molecule has 8 heteroatoms. The number of Topliss-reactive ketones (excluding diaryl/α,β-unsaturated/α-hetero) is 1. The second-order valence-corrected chi connectivity index (χ2v) is 6.26. The van der Waals surface area contributed by atoms with E-state index in [0.717, 1.165) is 29.6 Å². The Morgan fingerprint density at radius 1 is 1.24 bits per heavy atom. The number of rotatable bonds is 8. The fraction of sp³-hybridized carbons (Fsp3) is 0.286.